The van der Waals surface area contributed by atoms with Gasteiger partial charge in [0, 0.05) is 17.7 Å². The molecule has 2 heterocycles. The molecule has 0 aromatic carbocycles. The molecule has 112 valence electrons. The van der Waals surface area contributed by atoms with Crippen LogP contribution in [-0.2, 0) is 9.59 Å². The van der Waals surface area contributed by atoms with E-state index >= 15 is 0 Å². The fourth-order valence-electron chi connectivity index (χ4n) is 2.49. The van der Waals surface area contributed by atoms with Crippen molar-refractivity contribution in [2.45, 2.75) is 25.3 Å². The normalized spacial score (nSPS) is 28.2. The monoisotopic (exact) mass is 307 g/mol. The van der Waals surface area contributed by atoms with Gasteiger partial charge in [0.1, 0.15) is 17.6 Å². The molecule has 1 amide bonds. The van der Waals surface area contributed by atoms with Gasteiger partial charge in [0.05, 0.1) is 5.88 Å². The molecule has 0 radical (unpaired) electrons. The summed E-state index contributed by atoms with van der Waals surface area (Å²) in [5.74, 6) is 2.41. The number of carboxylic acid groups (broad SMARTS) is 1. The van der Waals surface area contributed by atoms with Crippen LogP contribution in [0.25, 0.3) is 6.08 Å². The van der Waals surface area contributed by atoms with Crippen LogP contribution in [0.4, 0.5) is 0 Å². The van der Waals surface area contributed by atoms with Crippen LogP contribution in [0.15, 0.2) is 22.6 Å². The number of nitrogens with zero attached hydrogens (tertiary/aromatic N) is 1. The summed E-state index contributed by atoms with van der Waals surface area (Å²) in [5, 5.41) is 9.06. The first kappa shape index (κ1) is 14.3. The maximum absolute atomic E-state index is 12.1. The van der Waals surface area contributed by atoms with Crippen LogP contribution in [0.3, 0.4) is 0 Å². The van der Waals surface area contributed by atoms with Gasteiger partial charge in [-0.15, -0.1) is 11.8 Å². The molecule has 6 heteroatoms. The average molecular weight is 307 g/mol. The third-order valence-corrected chi connectivity index (χ3v) is 4.98. The van der Waals surface area contributed by atoms with Gasteiger partial charge in [-0.2, -0.15) is 0 Å². The fourth-order valence-corrected chi connectivity index (χ4v) is 3.64. The van der Waals surface area contributed by atoms with Crippen molar-refractivity contribution in [2.24, 2.45) is 5.92 Å². The Morgan fingerprint density at radius 1 is 1.48 bits per heavy atom. The summed E-state index contributed by atoms with van der Waals surface area (Å²) >= 11 is 1.45. The Bertz CT molecular complexity index is 594. The van der Waals surface area contributed by atoms with Crippen LogP contribution in [0.5, 0.6) is 0 Å². The predicted octanol–water partition coefficient (Wildman–Crippen LogP) is 2.40. The minimum Gasteiger partial charge on any atom is -0.480 e. The highest BCUT2D eigenvalue weighted by Crippen LogP contribution is 2.47. The molecule has 1 saturated carbocycles. The minimum atomic E-state index is -0.954. The molecule has 1 aromatic rings. The Morgan fingerprint density at radius 2 is 2.24 bits per heavy atom. The van der Waals surface area contributed by atoms with Crippen LogP contribution < -0.4 is 0 Å². The predicted molar refractivity (Wildman–Crippen MR) is 79.9 cm³/mol. The summed E-state index contributed by atoms with van der Waals surface area (Å²) in [6.07, 6.45) is 4.16. The van der Waals surface area contributed by atoms with Crippen LogP contribution >= 0.6 is 11.8 Å². The standard InChI is InChI=1S/C15H17NO4S/c1-9-6-11(9)13-4-2-10(20-13)3-5-14(17)16-8-21-7-12(16)15(18)19/h2-5,9,11-12H,6-8H2,1H3,(H,18,19)/b5-3+. The minimum absolute atomic E-state index is 0.287. The molecule has 3 rings (SSSR count). The van der Waals surface area contributed by atoms with E-state index in [1.54, 1.807) is 6.08 Å². The third-order valence-electron chi connectivity index (χ3n) is 3.96. The fraction of sp³-hybridized carbons (Fsp3) is 0.467. The summed E-state index contributed by atoms with van der Waals surface area (Å²) in [6.45, 7) is 2.18. The van der Waals surface area contributed by atoms with E-state index in [0.29, 0.717) is 29.2 Å². The Hall–Kier alpha value is -1.69. The number of thioether (sulfide) groups is 1. The molecule has 3 atom stereocenters. The van der Waals surface area contributed by atoms with E-state index < -0.39 is 12.0 Å². The van der Waals surface area contributed by atoms with Crippen LogP contribution in [0, 0.1) is 5.92 Å². The highest BCUT2D eigenvalue weighted by molar-refractivity contribution is 7.99. The molecule has 5 nitrogen and oxygen atoms in total. The van der Waals surface area contributed by atoms with E-state index in [1.807, 2.05) is 12.1 Å². The lowest BCUT2D eigenvalue weighted by atomic mass is 10.2. The highest BCUT2D eigenvalue weighted by atomic mass is 32.2. The van der Waals surface area contributed by atoms with E-state index in [0.717, 1.165) is 12.2 Å². The van der Waals surface area contributed by atoms with E-state index in [9.17, 15) is 9.59 Å². The summed E-state index contributed by atoms with van der Waals surface area (Å²) in [6, 6.07) is 3.06. The molecule has 1 aliphatic carbocycles. The van der Waals surface area contributed by atoms with Gasteiger partial charge < -0.3 is 14.4 Å². The highest BCUT2D eigenvalue weighted by Gasteiger charge is 2.36. The number of rotatable bonds is 4. The van der Waals surface area contributed by atoms with Crippen LogP contribution in [-0.4, -0.2) is 39.6 Å². The number of carboxylic acids is 1. The molecule has 2 aliphatic rings. The van der Waals surface area contributed by atoms with E-state index in [2.05, 4.69) is 6.92 Å². The number of aliphatic carboxylic acids is 1. The molecule has 0 bridgehead atoms. The molecular formula is C15H17NO4S. The lowest BCUT2D eigenvalue weighted by Crippen LogP contribution is -2.40. The molecule has 1 saturated heterocycles. The first-order valence-corrected chi connectivity index (χ1v) is 8.10. The van der Waals surface area contributed by atoms with Crippen molar-refractivity contribution in [1.82, 2.24) is 4.90 Å². The van der Waals surface area contributed by atoms with E-state index in [-0.39, 0.29) is 5.91 Å². The van der Waals surface area contributed by atoms with Gasteiger partial charge in [-0.1, -0.05) is 6.92 Å². The lowest BCUT2D eigenvalue weighted by molar-refractivity contribution is -0.146. The van der Waals surface area contributed by atoms with Crippen molar-refractivity contribution in [3.05, 3.63) is 29.7 Å². The number of carbonyl (C=O) groups excluding carboxylic acids is 1. The SMILES string of the molecule is CC1CC1c1ccc(/C=C/C(=O)N2CSCC2C(=O)O)o1. The molecule has 0 spiro atoms. The van der Waals surface area contributed by atoms with Crippen molar-refractivity contribution in [1.29, 1.82) is 0 Å². The summed E-state index contributed by atoms with van der Waals surface area (Å²) in [5.41, 5.74) is 0. The van der Waals surface area contributed by atoms with Crippen LogP contribution in [0.1, 0.15) is 30.8 Å². The second-order valence-electron chi connectivity index (χ2n) is 5.55. The molecule has 1 aromatic heterocycles. The van der Waals surface area contributed by atoms with Crippen molar-refractivity contribution in [2.75, 3.05) is 11.6 Å². The molecule has 1 N–H and O–H groups in total. The Morgan fingerprint density at radius 3 is 2.90 bits per heavy atom. The topological polar surface area (TPSA) is 70.8 Å². The van der Waals surface area contributed by atoms with Gasteiger partial charge in [0.2, 0.25) is 5.91 Å². The van der Waals surface area contributed by atoms with Crippen molar-refractivity contribution in [3.8, 4) is 0 Å². The second kappa shape index (κ2) is 5.60. The third kappa shape index (κ3) is 3.00. The summed E-state index contributed by atoms with van der Waals surface area (Å²) in [4.78, 5) is 24.5. The van der Waals surface area contributed by atoms with Gasteiger partial charge in [-0.3, -0.25) is 4.79 Å². The maximum Gasteiger partial charge on any atom is 0.327 e. The van der Waals surface area contributed by atoms with Crippen molar-refractivity contribution >= 4 is 29.7 Å². The molecule has 3 unspecified atom stereocenters. The van der Waals surface area contributed by atoms with E-state index in [1.165, 1.54) is 22.7 Å². The van der Waals surface area contributed by atoms with Crippen LogP contribution in [0.2, 0.25) is 0 Å². The first-order chi connectivity index (χ1) is 10.1. The summed E-state index contributed by atoms with van der Waals surface area (Å²) in [7, 11) is 0. The molecule has 21 heavy (non-hydrogen) atoms. The zero-order valence-corrected chi connectivity index (χ0v) is 12.5. The smallest absolute Gasteiger partial charge is 0.327 e. The summed E-state index contributed by atoms with van der Waals surface area (Å²) < 4.78 is 5.69. The van der Waals surface area contributed by atoms with Gasteiger partial charge in [-0.25, -0.2) is 4.79 Å². The molecular weight excluding hydrogens is 290 g/mol. The van der Waals surface area contributed by atoms with Crippen molar-refractivity contribution in [3.63, 3.8) is 0 Å². The van der Waals surface area contributed by atoms with Crippen molar-refractivity contribution < 1.29 is 19.1 Å². The zero-order chi connectivity index (χ0) is 15.0. The lowest BCUT2D eigenvalue weighted by Gasteiger charge is -2.18. The van der Waals surface area contributed by atoms with Gasteiger partial charge >= 0.3 is 5.97 Å². The Kier molecular flexibility index (Phi) is 3.80. The van der Waals surface area contributed by atoms with Gasteiger partial charge in [-0.05, 0) is 30.5 Å². The molecule has 1 aliphatic heterocycles. The average Bonchev–Trinajstić information content (AvgIpc) is 2.90. The Labute approximate surface area is 127 Å². The zero-order valence-electron chi connectivity index (χ0n) is 11.7. The number of hydrogen-bond acceptors (Lipinski definition) is 4. The quantitative estimate of drug-likeness (QED) is 0.865. The second-order valence-corrected chi connectivity index (χ2v) is 6.55. The van der Waals surface area contributed by atoms with Gasteiger partial charge in [0.25, 0.3) is 0 Å². The number of amides is 1. The maximum atomic E-state index is 12.1. The first-order valence-electron chi connectivity index (χ1n) is 6.95. The number of furan rings is 1. The van der Waals surface area contributed by atoms with Gasteiger partial charge in [0.15, 0.2) is 0 Å². The Balaban J connectivity index is 1.64. The molecule has 2 fully saturated rings. The van der Waals surface area contributed by atoms with E-state index in [4.69, 9.17) is 9.52 Å². The number of hydrogen-bond donors (Lipinski definition) is 1. The number of carbonyl (C=O) groups is 2. The largest absolute Gasteiger partial charge is 0.480 e.